The van der Waals surface area contributed by atoms with Gasteiger partial charge >= 0.3 is 0 Å². The minimum atomic E-state index is -0.721. The standard InChI is InChI=1S/C19H22N2O4/c1-4-24-17-11-10-15(12-18(17)23-3)13-20-25-14(2)19(22)21-16-8-6-5-7-9-16/h5-14H,4H2,1-3H3,(H,21,22)/b20-13-/t14-/m0/s1. The normalized spacial score (nSPS) is 11.8. The van der Waals surface area contributed by atoms with Gasteiger partial charge in [-0.25, -0.2) is 0 Å². The Hall–Kier alpha value is -3.02. The lowest BCUT2D eigenvalue weighted by Crippen LogP contribution is -2.26. The fourth-order valence-electron chi connectivity index (χ4n) is 2.04. The van der Waals surface area contributed by atoms with E-state index in [4.69, 9.17) is 14.3 Å². The molecule has 1 atom stereocenters. The third-order valence-corrected chi connectivity index (χ3v) is 3.32. The van der Waals surface area contributed by atoms with E-state index in [-0.39, 0.29) is 5.91 Å². The van der Waals surface area contributed by atoms with Gasteiger partial charge in [-0.15, -0.1) is 0 Å². The van der Waals surface area contributed by atoms with Crippen LogP contribution in [0.5, 0.6) is 11.5 Å². The largest absolute Gasteiger partial charge is 0.493 e. The average Bonchev–Trinajstić information content (AvgIpc) is 2.63. The lowest BCUT2D eigenvalue weighted by molar-refractivity contribution is -0.126. The summed E-state index contributed by atoms with van der Waals surface area (Å²) >= 11 is 0. The summed E-state index contributed by atoms with van der Waals surface area (Å²) in [5.74, 6) is 1.01. The third-order valence-electron chi connectivity index (χ3n) is 3.32. The van der Waals surface area contributed by atoms with E-state index in [1.807, 2.05) is 31.2 Å². The second kappa shape index (κ2) is 9.32. The molecule has 132 valence electrons. The first kappa shape index (κ1) is 18.3. The van der Waals surface area contributed by atoms with E-state index in [9.17, 15) is 4.79 Å². The summed E-state index contributed by atoms with van der Waals surface area (Å²) in [6.45, 7) is 4.10. The van der Waals surface area contributed by atoms with Crippen molar-refractivity contribution in [1.29, 1.82) is 0 Å². The van der Waals surface area contributed by atoms with E-state index in [0.717, 1.165) is 5.56 Å². The summed E-state index contributed by atoms with van der Waals surface area (Å²) in [6.07, 6.45) is 0.797. The number of nitrogens with one attached hydrogen (secondary N) is 1. The third kappa shape index (κ3) is 5.53. The number of nitrogens with zero attached hydrogens (tertiary/aromatic N) is 1. The second-order valence-electron chi connectivity index (χ2n) is 5.18. The number of rotatable bonds is 8. The van der Waals surface area contributed by atoms with Gasteiger partial charge < -0.3 is 19.6 Å². The van der Waals surface area contributed by atoms with Crippen molar-refractivity contribution < 1.29 is 19.1 Å². The van der Waals surface area contributed by atoms with Gasteiger partial charge in [0.25, 0.3) is 5.91 Å². The molecule has 1 N–H and O–H groups in total. The summed E-state index contributed by atoms with van der Waals surface area (Å²) in [7, 11) is 1.57. The van der Waals surface area contributed by atoms with E-state index < -0.39 is 6.10 Å². The first-order valence-electron chi connectivity index (χ1n) is 8.00. The summed E-state index contributed by atoms with van der Waals surface area (Å²) < 4.78 is 10.7. The average molecular weight is 342 g/mol. The smallest absolute Gasteiger partial charge is 0.267 e. The molecule has 0 aliphatic carbocycles. The van der Waals surface area contributed by atoms with Crippen molar-refractivity contribution in [2.24, 2.45) is 5.16 Å². The first-order valence-corrected chi connectivity index (χ1v) is 8.00. The second-order valence-corrected chi connectivity index (χ2v) is 5.18. The van der Waals surface area contributed by atoms with Crippen LogP contribution in [0.2, 0.25) is 0 Å². The number of ether oxygens (including phenoxy) is 2. The number of carbonyl (C=O) groups excluding carboxylic acids is 1. The Morgan fingerprint density at radius 2 is 1.96 bits per heavy atom. The number of methoxy groups -OCH3 is 1. The fraction of sp³-hybridized carbons (Fsp3) is 0.263. The minimum Gasteiger partial charge on any atom is -0.493 e. The van der Waals surface area contributed by atoms with Crippen LogP contribution in [0.1, 0.15) is 19.4 Å². The maximum atomic E-state index is 12.0. The highest BCUT2D eigenvalue weighted by Crippen LogP contribution is 2.27. The van der Waals surface area contributed by atoms with E-state index >= 15 is 0 Å². The molecular weight excluding hydrogens is 320 g/mol. The topological polar surface area (TPSA) is 69.2 Å². The van der Waals surface area contributed by atoms with Gasteiger partial charge in [0.1, 0.15) is 0 Å². The molecule has 0 aliphatic heterocycles. The molecule has 25 heavy (non-hydrogen) atoms. The number of hydrogen-bond acceptors (Lipinski definition) is 5. The van der Waals surface area contributed by atoms with Gasteiger partial charge in [0.15, 0.2) is 11.5 Å². The van der Waals surface area contributed by atoms with Crippen molar-refractivity contribution in [3.8, 4) is 11.5 Å². The molecule has 0 saturated carbocycles. The Labute approximate surface area is 147 Å². The van der Waals surface area contributed by atoms with Crippen molar-refractivity contribution >= 4 is 17.8 Å². The molecule has 0 heterocycles. The predicted molar refractivity (Wildman–Crippen MR) is 97.4 cm³/mol. The van der Waals surface area contributed by atoms with Gasteiger partial charge in [-0.3, -0.25) is 4.79 Å². The maximum Gasteiger partial charge on any atom is 0.267 e. The van der Waals surface area contributed by atoms with E-state index in [2.05, 4.69) is 10.5 Å². The Balaban J connectivity index is 1.92. The molecule has 6 nitrogen and oxygen atoms in total. The highest BCUT2D eigenvalue weighted by molar-refractivity contribution is 5.93. The van der Waals surface area contributed by atoms with Gasteiger partial charge in [0, 0.05) is 11.3 Å². The molecule has 0 aromatic heterocycles. The van der Waals surface area contributed by atoms with Crippen LogP contribution in [0.3, 0.4) is 0 Å². The molecule has 0 aliphatic rings. The van der Waals surface area contributed by atoms with Crippen LogP contribution in [0.25, 0.3) is 0 Å². The summed E-state index contributed by atoms with van der Waals surface area (Å²) in [6, 6.07) is 14.6. The molecule has 2 aromatic rings. The molecule has 0 fully saturated rings. The molecule has 2 aromatic carbocycles. The number of oxime groups is 1. The molecule has 6 heteroatoms. The zero-order valence-corrected chi connectivity index (χ0v) is 14.6. The van der Waals surface area contributed by atoms with Gasteiger partial charge in [0.2, 0.25) is 6.10 Å². The first-order chi connectivity index (χ1) is 12.1. The zero-order chi connectivity index (χ0) is 18.1. The number of para-hydroxylation sites is 1. The minimum absolute atomic E-state index is 0.271. The van der Waals surface area contributed by atoms with E-state index in [0.29, 0.717) is 23.8 Å². The lowest BCUT2D eigenvalue weighted by atomic mass is 10.2. The number of hydrogen-bond donors (Lipinski definition) is 1. The molecule has 0 unspecified atom stereocenters. The van der Waals surface area contributed by atoms with Crippen LogP contribution in [-0.2, 0) is 9.63 Å². The van der Waals surface area contributed by atoms with Crippen molar-refractivity contribution in [3.05, 3.63) is 54.1 Å². The molecule has 0 saturated heterocycles. The summed E-state index contributed by atoms with van der Waals surface area (Å²) in [4.78, 5) is 17.2. The van der Waals surface area contributed by atoms with Crippen LogP contribution in [0.4, 0.5) is 5.69 Å². The SMILES string of the molecule is CCOc1ccc(/C=N\O[C@@H](C)C(=O)Nc2ccccc2)cc1OC. The molecule has 1 amide bonds. The van der Waals surface area contributed by atoms with Gasteiger partial charge in [0.05, 0.1) is 19.9 Å². The number of anilines is 1. The maximum absolute atomic E-state index is 12.0. The van der Waals surface area contributed by atoms with Gasteiger partial charge in [-0.2, -0.15) is 0 Å². The molecule has 0 radical (unpaired) electrons. The predicted octanol–water partition coefficient (Wildman–Crippen LogP) is 3.47. The zero-order valence-electron chi connectivity index (χ0n) is 14.6. The van der Waals surface area contributed by atoms with Crippen molar-refractivity contribution in [1.82, 2.24) is 0 Å². The molecule has 0 spiro atoms. The van der Waals surface area contributed by atoms with Crippen LogP contribution in [-0.4, -0.2) is 31.9 Å². The Morgan fingerprint density at radius 3 is 2.64 bits per heavy atom. The Morgan fingerprint density at radius 1 is 1.20 bits per heavy atom. The molecule has 2 rings (SSSR count). The summed E-state index contributed by atoms with van der Waals surface area (Å²) in [5, 5.41) is 6.63. The number of amides is 1. The van der Waals surface area contributed by atoms with E-state index in [1.54, 1.807) is 38.3 Å². The van der Waals surface area contributed by atoms with Crippen LogP contribution in [0.15, 0.2) is 53.7 Å². The Bertz CT molecular complexity index is 717. The monoisotopic (exact) mass is 342 g/mol. The molecule has 0 bridgehead atoms. The highest BCUT2D eigenvalue weighted by Gasteiger charge is 2.14. The number of benzene rings is 2. The highest BCUT2D eigenvalue weighted by atomic mass is 16.6. The van der Waals surface area contributed by atoms with Gasteiger partial charge in [-0.05, 0) is 44.2 Å². The van der Waals surface area contributed by atoms with Crippen molar-refractivity contribution in [2.45, 2.75) is 20.0 Å². The number of carbonyl (C=O) groups is 1. The summed E-state index contributed by atoms with van der Waals surface area (Å²) in [5.41, 5.74) is 1.49. The molecular formula is C19H22N2O4. The van der Waals surface area contributed by atoms with E-state index in [1.165, 1.54) is 6.21 Å². The lowest BCUT2D eigenvalue weighted by Gasteiger charge is -2.11. The fourth-order valence-corrected chi connectivity index (χ4v) is 2.04. The quantitative estimate of drug-likeness (QED) is 0.589. The van der Waals surface area contributed by atoms with Crippen molar-refractivity contribution in [2.75, 3.05) is 19.0 Å². The van der Waals surface area contributed by atoms with Crippen molar-refractivity contribution in [3.63, 3.8) is 0 Å². The van der Waals surface area contributed by atoms with Crippen LogP contribution >= 0.6 is 0 Å². The van der Waals surface area contributed by atoms with Crippen LogP contribution in [0, 0.1) is 0 Å². The van der Waals surface area contributed by atoms with Crippen LogP contribution < -0.4 is 14.8 Å². The Kier molecular flexibility index (Phi) is 6.83. The van der Waals surface area contributed by atoms with Gasteiger partial charge in [-0.1, -0.05) is 23.4 Å².